The number of rotatable bonds is 6. The Kier molecular flexibility index (Phi) is 6.91. The van der Waals surface area contributed by atoms with Crippen LogP contribution in [0.2, 0.25) is 0 Å². The number of nitrogens with one attached hydrogen (secondary N) is 1. The molecule has 4 nitrogen and oxygen atoms in total. The summed E-state index contributed by atoms with van der Waals surface area (Å²) in [6, 6.07) is 11.1. The number of anilines is 1. The van der Waals surface area contributed by atoms with Gasteiger partial charge in [0.25, 0.3) is 5.91 Å². The molecular weight excluding hydrogens is 380 g/mol. The predicted molar refractivity (Wildman–Crippen MR) is 110 cm³/mol. The molecule has 1 amide bonds. The molecule has 28 heavy (non-hydrogen) atoms. The molecule has 0 radical (unpaired) electrons. The lowest BCUT2D eigenvalue weighted by Gasteiger charge is -2.40. The van der Waals surface area contributed by atoms with Crippen molar-refractivity contribution in [1.29, 1.82) is 0 Å². The van der Waals surface area contributed by atoms with E-state index in [2.05, 4.69) is 16.5 Å². The van der Waals surface area contributed by atoms with Gasteiger partial charge in [0, 0.05) is 55.3 Å². The number of halogens is 2. The van der Waals surface area contributed by atoms with Crippen molar-refractivity contribution < 1.29 is 13.6 Å². The molecule has 1 saturated heterocycles. The molecule has 150 valence electrons. The number of piperazine rings is 1. The van der Waals surface area contributed by atoms with Gasteiger partial charge in [0.05, 0.1) is 0 Å². The van der Waals surface area contributed by atoms with Crippen LogP contribution in [-0.2, 0) is 6.54 Å². The Labute approximate surface area is 169 Å². The van der Waals surface area contributed by atoms with E-state index in [1.165, 1.54) is 12.1 Å². The van der Waals surface area contributed by atoms with E-state index in [1.807, 2.05) is 36.1 Å². The van der Waals surface area contributed by atoms with Gasteiger partial charge < -0.3 is 9.62 Å². The first-order valence-corrected chi connectivity index (χ1v) is 10.4. The maximum atomic E-state index is 13.4. The van der Waals surface area contributed by atoms with Crippen molar-refractivity contribution in [2.45, 2.75) is 26.4 Å². The van der Waals surface area contributed by atoms with E-state index in [0.29, 0.717) is 37.3 Å². The maximum Gasteiger partial charge on any atom is 0.254 e. The summed E-state index contributed by atoms with van der Waals surface area (Å²) in [4.78, 5) is 16.9. The minimum Gasteiger partial charge on any atom is -0.333 e. The highest BCUT2D eigenvalue weighted by Gasteiger charge is 2.28. The summed E-state index contributed by atoms with van der Waals surface area (Å²) >= 11 is 1.61. The second-order valence-corrected chi connectivity index (χ2v) is 8.04. The molecule has 2 aromatic carbocycles. The molecule has 2 aromatic rings. The number of carbonyl (C=O) groups excluding carboxylic acids is 1. The molecule has 1 aliphatic heterocycles. The summed E-state index contributed by atoms with van der Waals surface area (Å²) in [6.45, 7) is 6.46. The Balaban J connectivity index is 1.59. The molecule has 0 aliphatic carbocycles. The minimum absolute atomic E-state index is 0.0126. The van der Waals surface area contributed by atoms with E-state index in [-0.39, 0.29) is 11.9 Å². The number of hydrogen-bond donors (Lipinski definition) is 1. The van der Waals surface area contributed by atoms with Crippen molar-refractivity contribution in [2.24, 2.45) is 0 Å². The minimum atomic E-state index is -0.563. The topological polar surface area (TPSA) is 35.6 Å². The van der Waals surface area contributed by atoms with Crippen LogP contribution in [-0.4, -0.2) is 47.1 Å². The largest absolute Gasteiger partial charge is 0.333 e. The molecule has 1 atom stereocenters. The van der Waals surface area contributed by atoms with Gasteiger partial charge in [-0.3, -0.25) is 9.69 Å². The van der Waals surface area contributed by atoms with Crippen molar-refractivity contribution in [1.82, 2.24) is 9.80 Å². The Bertz CT molecular complexity index is 796. The van der Waals surface area contributed by atoms with Crippen LogP contribution in [0.25, 0.3) is 0 Å². The zero-order valence-electron chi connectivity index (χ0n) is 16.1. The van der Waals surface area contributed by atoms with Gasteiger partial charge in [0.1, 0.15) is 11.6 Å². The standard InChI is InChI=1S/C21H25F2N3OS/c1-3-28-24-20-6-4-17(5-7-20)21(27)26-9-8-25(13-15(26)2)14-16-10-18(22)12-19(23)11-16/h4-7,10-12,15,24H,3,8-9,13-14H2,1-2H3. The fourth-order valence-corrected chi connectivity index (χ4v) is 3.89. The van der Waals surface area contributed by atoms with Crippen LogP contribution in [0, 0.1) is 11.6 Å². The van der Waals surface area contributed by atoms with Crippen molar-refractivity contribution in [2.75, 3.05) is 30.1 Å². The number of benzene rings is 2. The second-order valence-electron chi connectivity index (χ2n) is 6.97. The lowest BCUT2D eigenvalue weighted by Crippen LogP contribution is -2.53. The Morgan fingerprint density at radius 1 is 1.14 bits per heavy atom. The predicted octanol–water partition coefficient (Wildman–Crippen LogP) is 4.39. The fourth-order valence-electron chi connectivity index (χ4n) is 3.44. The third-order valence-corrected chi connectivity index (χ3v) is 5.44. The highest BCUT2D eigenvalue weighted by atomic mass is 32.2. The Hall–Kier alpha value is -2.12. The maximum absolute atomic E-state index is 13.4. The molecule has 1 fully saturated rings. The van der Waals surface area contributed by atoms with Gasteiger partial charge in [-0.2, -0.15) is 0 Å². The van der Waals surface area contributed by atoms with Gasteiger partial charge >= 0.3 is 0 Å². The summed E-state index contributed by atoms with van der Waals surface area (Å²) in [5.74, 6) is -0.150. The molecule has 3 rings (SSSR count). The van der Waals surface area contributed by atoms with Crippen LogP contribution >= 0.6 is 11.9 Å². The van der Waals surface area contributed by atoms with Crippen molar-refractivity contribution >= 4 is 23.5 Å². The van der Waals surface area contributed by atoms with E-state index in [9.17, 15) is 13.6 Å². The summed E-state index contributed by atoms with van der Waals surface area (Å²) in [5, 5.41) is 0. The fraction of sp³-hybridized carbons (Fsp3) is 0.381. The first-order chi connectivity index (χ1) is 13.5. The lowest BCUT2D eigenvalue weighted by atomic mass is 10.1. The highest BCUT2D eigenvalue weighted by Crippen LogP contribution is 2.19. The molecule has 0 spiro atoms. The normalized spacial score (nSPS) is 17.6. The van der Waals surface area contributed by atoms with Gasteiger partial charge in [-0.15, -0.1) is 0 Å². The Morgan fingerprint density at radius 2 is 1.82 bits per heavy atom. The van der Waals surface area contributed by atoms with Gasteiger partial charge in [-0.1, -0.05) is 18.9 Å². The molecule has 7 heteroatoms. The number of nitrogens with zero attached hydrogens (tertiary/aromatic N) is 2. The lowest BCUT2D eigenvalue weighted by molar-refractivity contribution is 0.0475. The summed E-state index contributed by atoms with van der Waals surface area (Å²) in [5.41, 5.74) is 2.25. The molecule has 1 aliphatic rings. The van der Waals surface area contributed by atoms with E-state index in [4.69, 9.17) is 0 Å². The summed E-state index contributed by atoms with van der Waals surface area (Å²) in [6.07, 6.45) is 0. The molecular formula is C21H25F2N3OS. The Morgan fingerprint density at radius 3 is 2.43 bits per heavy atom. The molecule has 0 saturated carbocycles. The average Bonchev–Trinajstić information content (AvgIpc) is 2.65. The molecule has 1 N–H and O–H groups in total. The second kappa shape index (κ2) is 9.39. The van der Waals surface area contributed by atoms with Crippen molar-refractivity contribution in [3.05, 3.63) is 65.2 Å². The van der Waals surface area contributed by atoms with Gasteiger partial charge in [0.2, 0.25) is 0 Å². The van der Waals surface area contributed by atoms with Crippen LogP contribution in [0.1, 0.15) is 29.8 Å². The summed E-state index contributed by atoms with van der Waals surface area (Å²) in [7, 11) is 0. The van der Waals surface area contributed by atoms with Crippen LogP contribution < -0.4 is 4.72 Å². The SMILES string of the molecule is CCSNc1ccc(C(=O)N2CCN(Cc3cc(F)cc(F)c3)CC2C)cc1. The smallest absolute Gasteiger partial charge is 0.254 e. The summed E-state index contributed by atoms with van der Waals surface area (Å²) < 4.78 is 30.0. The molecule has 0 aromatic heterocycles. The van der Waals surface area contributed by atoms with Gasteiger partial charge in [-0.25, -0.2) is 8.78 Å². The van der Waals surface area contributed by atoms with Crippen LogP contribution in [0.15, 0.2) is 42.5 Å². The van der Waals surface area contributed by atoms with E-state index in [0.717, 1.165) is 17.5 Å². The first-order valence-electron chi connectivity index (χ1n) is 9.42. The molecule has 1 unspecified atom stereocenters. The zero-order chi connectivity index (χ0) is 20.1. The van der Waals surface area contributed by atoms with Crippen molar-refractivity contribution in [3.63, 3.8) is 0 Å². The van der Waals surface area contributed by atoms with Crippen LogP contribution in [0.4, 0.5) is 14.5 Å². The first kappa shape index (κ1) is 20.6. The van der Waals surface area contributed by atoms with Crippen LogP contribution in [0.5, 0.6) is 0 Å². The van der Waals surface area contributed by atoms with E-state index < -0.39 is 11.6 Å². The quantitative estimate of drug-likeness (QED) is 0.723. The highest BCUT2D eigenvalue weighted by molar-refractivity contribution is 8.00. The number of carbonyl (C=O) groups is 1. The van der Waals surface area contributed by atoms with E-state index in [1.54, 1.807) is 11.9 Å². The van der Waals surface area contributed by atoms with Crippen LogP contribution in [0.3, 0.4) is 0 Å². The monoisotopic (exact) mass is 405 g/mol. The zero-order valence-corrected chi connectivity index (χ0v) is 16.9. The number of hydrogen-bond acceptors (Lipinski definition) is 4. The third kappa shape index (κ3) is 5.23. The molecule has 1 heterocycles. The third-order valence-electron chi connectivity index (χ3n) is 4.77. The molecule has 0 bridgehead atoms. The van der Waals surface area contributed by atoms with Gasteiger partial charge in [0.15, 0.2) is 0 Å². The average molecular weight is 406 g/mol. The van der Waals surface area contributed by atoms with Crippen molar-refractivity contribution in [3.8, 4) is 0 Å². The number of amides is 1. The van der Waals surface area contributed by atoms with Gasteiger partial charge in [-0.05, 0) is 48.9 Å². The van der Waals surface area contributed by atoms with E-state index >= 15 is 0 Å².